The fraction of sp³-hybridized carbons (Fsp3) is 0.419. The van der Waals surface area contributed by atoms with Crippen LogP contribution in [0.2, 0.25) is 0 Å². The van der Waals surface area contributed by atoms with E-state index >= 15 is 0 Å². The van der Waals surface area contributed by atoms with Crippen molar-refractivity contribution in [3.05, 3.63) is 76.6 Å². The highest BCUT2D eigenvalue weighted by Gasteiger charge is 2.22. The van der Waals surface area contributed by atoms with E-state index in [9.17, 15) is 14.7 Å². The topological polar surface area (TPSA) is 70.7 Å². The Labute approximate surface area is 214 Å². The predicted molar refractivity (Wildman–Crippen MR) is 147 cm³/mol. The van der Waals surface area contributed by atoms with Gasteiger partial charge in [0.15, 0.2) is 5.78 Å². The lowest BCUT2D eigenvalue weighted by Gasteiger charge is -2.19. The van der Waals surface area contributed by atoms with Crippen molar-refractivity contribution in [3.8, 4) is 0 Å². The molecule has 3 rings (SSSR count). The lowest BCUT2D eigenvalue weighted by Crippen LogP contribution is -2.26. The second-order valence-corrected chi connectivity index (χ2v) is 9.38. The van der Waals surface area contributed by atoms with Gasteiger partial charge in [0.1, 0.15) is 11.3 Å². The number of hydrogen-bond acceptors (Lipinski definition) is 4. The number of fused-ring (bicyclic) bond motifs is 1. The maximum absolute atomic E-state index is 13.6. The van der Waals surface area contributed by atoms with Crippen LogP contribution in [0.1, 0.15) is 96.9 Å². The number of carbonyl (C=O) groups excluding carboxylic acids is 1. The normalized spacial score (nSPS) is 11.7. The zero-order valence-corrected chi connectivity index (χ0v) is 21.9. The van der Waals surface area contributed by atoms with Crippen LogP contribution in [0.3, 0.4) is 0 Å². The van der Waals surface area contributed by atoms with Gasteiger partial charge in [-0.05, 0) is 56.1 Å². The van der Waals surface area contributed by atoms with E-state index in [2.05, 4.69) is 37.8 Å². The molecule has 0 unspecified atom stereocenters. The summed E-state index contributed by atoms with van der Waals surface area (Å²) in [7, 11) is 0. The van der Waals surface area contributed by atoms with E-state index < -0.39 is 5.97 Å². The number of carboxylic acids is 1. The lowest BCUT2D eigenvalue weighted by atomic mass is 9.97. The molecule has 0 amide bonds. The molecule has 0 atom stereocenters. The summed E-state index contributed by atoms with van der Waals surface area (Å²) in [5.41, 5.74) is 2.79. The quantitative estimate of drug-likeness (QED) is 0.222. The summed E-state index contributed by atoms with van der Waals surface area (Å²) in [6.45, 7) is 9.70. The minimum absolute atomic E-state index is 0.136. The van der Waals surface area contributed by atoms with Gasteiger partial charge < -0.3 is 9.52 Å². The molecule has 1 heterocycles. The van der Waals surface area contributed by atoms with Crippen molar-refractivity contribution in [1.82, 2.24) is 4.90 Å². The van der Waals surface area contributed by atoms with E-state index in [4.69, 9.17) is 4.42 Å². The molecule has 0 saturated carbocycles. The summed E-state index contributed by atoms with van der Waals surface area (Å²) in [5, 5.41) is 10.00. The molecule has 0 saturated heterocycles. The second kappa shape index (κ2) is 13.8. The number of carboxylic acid groups (broad SMARTS) is 1. The Morgan fingerprint density at radius 3 is 2.14 bits per heavy atom. The minimum atomic E-state index is -1.02. The van der Waals surface area contributed by atoms with Gasteiger partial charge in [0.2, 0.25) is 0 Å². The van der Waals surface area contributed by atoms with E-state index in [0.717, 1.165) is 38.0 Å². The Bertz CT molecular complexity index is 1170. The number of furan rings is 1. The SMILES string of the molecule is CCCCc1oc2ccc(C(=O)O)cc2c1C(=O)c1ccc(/C=C/CN(CCCC)CCCC)cc1. The van der Waals surface area contributed by atoms with Crippen molar-refractivity contribution in [1.29, 1.82) is 0 Å². The largest absolute Gasteiger partial charge is 0.478 e. The minimum Gasteiger partial charge on any atom is -0.478 e. The van der Waals surface area contributed by atoms with Gasteiger partial charge in [0.25, 0.3) is 0 Å². The van der Waals surface area contributed by atoms with Gasteiger partial charge in [-0.25, -0.2) is 4.79 Å². The molecule has 3 aromatic rings. The number of rotatable bonds is 15. The van der Waals surface area contributed by atoms with Gasteiger partial charge in [-0.15, -0.1) is 0 Å². The number of aromatic carboxylic acids is 1. The molecule has 0 aliphatic carbocycles. The smallest absolute Gasteiger partial charge is 0.335 e. The van der Waals surface area contributed by atoms with E-state index in [0.29, 0.717) is 34.3 Å². The van der Waals surface area contributed by atoms with Crippen LogP contribution in [0.4, 0.5) is 0 Å². The van der Waals surface area contributed by atoms with Gasteiger partial charge >= 0.3 is 5.97 Å². The molecule has 0 bridgehead atoms. The second-order valence-electron chi connectivity index (χ2n) is 9.38. The van der Waals surface area contributed by atoms with E-state index in [1.807, 2.05) is 24.3 Å². The summed E-state index contributed by atoms with van der Waals surface area (Å²) in [6.07, 6.45) is 11.6. The highest BCUT2D eigenvalue weighted by Crippen LogP contribution is 2.30. The van der Waals surface area contributed by atoms with Gasteiger partial charge in [-0.3, -0.25) is 9.69 Å². The summed E-state index contributed by atoms with van der Waals surface area (Å²) < 4.78 is 6.00. The first-order valence-corrected chi connectivity index (χ1v) is 13.3. The fourth-order valence-electron chi connectivity index (χ4n) is 4.33. The Balaban J connectivity index is 1.80. The van der Waals surface area contributed by atoms with Crippen LogP contribution in [0.15, 0.2) is 53.0 Å². The maximum Gasteiger partial charge on any atom is 0.335 e. The zero-order chi connectivity index (χ0) is 25.9. The third kappa shape index (κ3) is 7.17. The maximum atomic E-state index is 13.6. The summed E-state index contributed by atoms with van der Waals surface area (Å²) in [5.74, 6) is -0.531. The van der Waals surface area contributed by atoms with Gasteiger partial charge in [0.05, 0.1) is 11.1 Å². The van der Waals surface area contributed by atoms with Crippen molar-refractivity contribution in [2.75, 3.05) is 19.6 Å². The van der Waals surface area contributed by atoms with Gasteiger partial charge in [-0.2, -0.15) is 0 Å². The predicted octanol–water partition coefficient (Wildman–Crippen LogP) is 7.62. The van der Waals surface area contributed by atoms with E-state index in [1.165, 1.54) is 31.7 Å². The summed E-state index contributed by atoms with van der Waals surface area (Å²) >= 11 is 0. The molecule has 0 aliphatic heterocycles. The Hall–Kier alpha value is -3.18. The molecule has 0 fully saturated rings. The van der Waals surface area contributed by atoms with Crippen molar-refractivity contribution in [2.45, 2.75) is 65.7 Å². The third-order valence-electron chi connectivity index (χ3n) is 6.49. The zero-order valence-electron chi connectivity index (χ0n) is 21.9. The highest BCUT2D eigenvalue weighted by molar-refractivity contribution is 6.17. The van der Waals surface area contributed by atoms with Crippen molar-refractivity contribution < 1.29 is 19.1 Å². The monoisotopic (exact) mass is 489 g/mol. The van der Waals surface area contributed by atoms with E-state index in [1.54, 1.807) is 12.1 Å². The Morgan fingerprint density at radius 2 is 1.53 bits per heavy atom. The molecule has 5 nitrogen and oxygen atoms in total. The van der Waals surface area contributed by atoms with Crippen molar-refractivity contribution in [3.63, 3.8) is 0 Å². The number of nitrogens with zero attached hydrogens (tertiary/aromatic N) is 1. The standard InChI is InChI=1S/C31H39NO4/c1-4-7-12-28-29(26-22-25(31(34)35)17-18-27(26)36-28)30(33)24-15-13-23(14-16-24)11-10-21-32(19-8-5-2)20-9-6-3/h10-11,13-18,22H,4-9,12,19-21H2,1-3H3,(H,34,35)/b11-10+. The van der Waals surface area contributed by atoms with Gasteiger partial charge in [0, 0.05) is 23.9 Å². The van der Waals surface area contributed by atoms with Crippen molar-refractivity contribution in [2.24, 2.45) is 0 Å². The molecule has 2 aromatic carbocycles. The van der Waals surface area contributed by atoms with Crippen LogP contribution in [0.5, 0.6) is 0 Å². The Kier molecular flexibility index (Phi) is 10.5. The number of aryl methyl sites for hydroxylation is 1. The first-order chi connectivity index (χ1) is 17.5. The first-order valence-electron chi connectivity index (χ1n) is 13.3. The fourth-order valence-corrected chi connectivity index (χ4v) is 4.33. The molecule has 5 heteroatoms. The molecular formula is C31H39NO4. The van der Waals surface area contributed by atoms with E-state index in [-0.39, 0.29) is 11.3 Å². The van der Waals surface area contributed by atoms with Crippen LogP contribution < -0.4 is 0 Å². The Morgan fingerprint density at radius 1 is 0.889 bits per heavy atom. The molecule has 1 aromatic heterocycles. The molecule has 0 radical (unpaired) electrons. The average Bonchev–Trinajstić information content (AvgIpc) is 3.26. The number of benzene rings is 2. The molecule has 192 valence electrons. The molecule has 0 aliphatic rings. The first kappa shape index (κ1) is 27.4. The van der Waals surface area contributed by atoms with Crippen LogP contribution >= 0.6 is 0 Å². The summed E-state index contributed by atoms with van der Waals surface area (Å²) in [4.78, 5) is 27.6. The number of carbonyl (C=O) groups is 2. The average molecular weight is 490 g/mol. The molecule has 36 heavy (non-hydrogen) atoms. The molecule has 1 N–H and O–H groups in total. The summed E-state index contributed by atoms with van der Waals surface area (Å²) in [6, 6.07) is 12.3. The number of hydrogen-bond donors (Lipinski definition) is 1. The highest BCUT2D eigenvalue weighted by atomic mass is 16.4. The van der Waals surface area contributed by atoms with Crippen molar-refractivity contribution >= 4 is 28.8 Å². The van der Waals surface area contributed by atoms with Crippen LogP contribution in [0.25, 0.3) is 17.0 Å². The molecule has 0 spiro atoms. The number of ketones is 1. The number of unbranched alkanes of at least 4 members (excludes halogenated alkanes) is 3. The third-order valence-corrected chi connectivity index (χ3v) is 6.49. The lowest BCUT2D eigenvalue weighted by molar-refractivity contribution is 0.0696. The van der Waals surface area contributed by atoms with Crippen LogP contribution in [-0.4, -0.2) is 41.4 Å². The van der Waals surface area contributed by atoms with Gasteiger partial charge in [-0.1, -0.05) is 76.5 Å². The van der Waals surface area contributed by atoms with Crippen LogP contribution in [0, 0.1) is 0 Å². The molecular weight excluding hydrogens is 450 g/mol. The van der Waals surface area contributed by atoms with Crippen LogP contribution in [-0.2, 0) is 6.42 Å².